The first-order valence-electron chi connectivity index (χ1n) is 10.1. The van der Waals surface area contributed by atoms with E-state index in [0.717, 1.165) is 41.6 Å². The van der Waals surface area contributed by atoms with Crippen LogP contribution in [0.5, 0.6) is 0 Å². The minimum atomic E-state index is -0.238. The Morgan fingerprint density at radius 3 is 2.90 bits per heavy atom. The molecule has 3 aromatic heterocycles. The molecule has 7 heteroatoms. The van der Waals surface area contributed by atoms with E-state index in [0.29, 0.717) is 12.5 Å². The van der Waals surface area contributed by atoms with Gasteiger partial charge >= 0.3 is 0 Å². The minimum Gasteiger partial charge on any atom is -0.355 e. The van der Waals surface area contributed by atoms with Crippen molar-refractivity contribution in [2.24, 2.45) is 5.92 Å². The number of likely N-dealkylation sites (tertiary alicyclic amines) is 1. The molecule has 1 saturated heterocycles. The van der Waals surface area contributed by atoms with Crippen molar-refractivity contribution in [2.75, 3.05) is 24.5 Å². The smallest absolute Gasteiger partial charge is 0.265 e. The van der Waals surface area contributed by atoms with Gasteiger partial charge < -0.3 is 14.4 Å². The largest absolute Gasteiger partial charge is 0.355 e. The summed E-state index contributed by atoms with van der Waals surface area (Å²) >= 11 is 1.44. The topological polar surface area (TPSA) is 54.3 Å². The number of nitrogens with zero attached hydrogens (tertiary/aromatic N) is 5. The van der Waals surface area contributed by atoms with Crippen LogP contribution in [-0.2, 0) is 5.54 Å². The van der Waals surface area contributed by atoms with E-state index in [4.69, 9.17) is 0 Å². The van der Waals surface area contributed by atoms with Crippen LogP contribution in [-0.4, -0.2) is 45.0 Å². The molecule has 29 heavy (non-hydrogen) atoms. The van der Waals surface area contributed by atoms with E-state index in [-0.39, 0.29) is 11.4 Å². The van der Waals surface area contributed by atoms with E-state index in [2.05, 4.69) is 57.7 Å². The minimum absolute atomic E-state index is 0.0986. The molecule has 0 N–H and O–H groups in total. The molecular weight excluding hydrogens is 382 g/mol. The second-order valence-corrected chi connectivity index (χ2v) is 9.24. The quantitative estimate of drug-likeness (QED) is 0.662. The van der Waals surface area contributed by atoms with Gasteiger partial charge in [-0.3, -0.25) is 4.79 Å². The lowest BCUT2D eigenvalue weighted by Crippen LogP contribution is -2.54. The number of fused-ring (bicyclic) bond motifs is 4. The standard InChI is InChI=1S/C22H25N5OS/c1-15(2)12-27-17-6-4-9-23-20(17)26-10-5-7-18(26)22(27)8-11-25(13-22)21(28)19-16(3)24-14-29-19/h4-7,9-10,14-15H,8,11-13H2,1-3H3/t22-/m0/s1. The molecule has 2 aliphatic heterocycles. The summed E-state index contributed by atoms with van der Waals surface area (Å²) < 4.78 is 2.21. The van der Waals surface area contributed by atoms with Gasteiger partial charge in [0.25, 0.3) is 5.91 Å². The monoisotopic (exact) mass is 407 g/mol. The van der Waals surface area contributed by atoms with Crippen LogP contribution in [0.4, 0.5) is 5.69 Å². The first-order valence-corrected chi connectivity index (χ1v) is 11.0. The van der Waals surface area contributed by atoms with Crippen molar-refractivity contribution in [3.63, 3.8) is 0 Å². The van der Waals surface area contributed by atoms with Crippen LogP contribution in [0.2, 0.25) is 0 Å². The van der Waals surface area contributed by atoms with Crippen LogP contribution in [0, 0.1) is 12.8 Å². The lowest BCUT2D eigenvalue weighted by molar-refractivity contribution is 0.0785. The average Bonchev–Trinajstić information content (AvgIpc) is 3.44. The predicted molar refractivity (Wildman–Crippen MR) is 115 cm³/mol. The van der Waals surface area contributed by atoms with E-state index in [1.54, 1.807) is 5.51 Å². The van der Waals surface area contributed by atoms with Crippen LogP contribution in [0.3, 0.4) is 0 Å². The number of anilines is 1. The summed E-state index contributed by atoms with van der Waals surface area (Å²) in [6.45, 7) is 8.74. The molecule has 5 heterocycles. The number of hydrogen-bond donors (Lipinski definition) is 0. The Bertz CT molecular complexity index is 1070. The maximum Gasteiger partial charge on any atom is 0.265 e. The Morgan fingerprint density at radius 2 is 2.14 bits per heavy atom. The second kappa shape index (κ2) is 6.69. The number of hydrogen-bond acceptors (Lipinski definition) is 5. The van der Waals surface area contributed by atoms with Gasteiger partial charge in [0.1, 0.15) is 10.4 Å². The molecule has 150 valence electrons. The Balaban J connectivity index is 1.60. The molecule has 3 aromatic rings. The zero-order chi connectivity index (χ0) is 20.2. The third kappa shape index (κ3) is 2.71. The van der Waals surface area contributed by atoms with Gasteiger partial charge in [0.05, 0.1) is 22.6 Å². The second-order valence-electron chi connectivity index (χ2n) is 8.39. The summed E-state index contributed by atoms with van der Waals surface area (Å²) in [5, 5.41) is 0. The molecule has 0 saturated carbocycles. The summed E-state index contributed by atoms with van der Waals surface area (Å²) in [4.78, 5) is 27.5. The van der Waals surface area contributed by atoms with Crippen molar-refractivity contribution in [3.05, 3.63) is 58.4 Å². The molecule has 0 bridgehead atoms. The highest BCUT2D eigenvalue weighted by molar-refractivity contribution is 7.11. The van der Waals surface area contributed by atoms with Gasteiger partial charge in [-0.15, -0.1) is 11.3 Å². The highest BCUT2D eigenvalue weighted by atomic mass is 32.1. The molecular formula is C22H25N5OS. The molecule has 5 rings (SSSR count). The van der Waals surface area contributed by atoms with Crippen molar-refractivity contribution in [3.8, 4) is 5.82 Å². The number of rotatable bonds is 3. The fourth-order valence-corrected chi connectivity index (χ4v) is 5.55. The Labute approximate surface area is 174 Å². The lowest BCUT2D eigenvalue weighted by atomic mass is 9.88. The van der Waals surface area contributed by atoms with Crippen LogP contribution >= 0.6 is 11.3 Å². The van der Waals surface area contributed by atoms with E-state index in [1.165, 1.54) is 17.0 Å². The van der Waals surface area contributed by atoms with Crippen molar-refractivity contribution in [1.82, 2.24) is 19.4 Å². The van der Waals surface area contributed by atoms with Gasteiger partial charge in [0, 0.05) is 32.0 Å². The van der Waals surface area contributed by atoms with Gasteiger partial charge in [0.2, 0.25) is 0 Å². The third-order valence-corrected chi connectivity index (χ3v) is 6.97. The molecule has 6 nitrogen and oxygen atoms in total. The van der Waals surface area contributed by atoms with Crippen molar-refractivity contribution in [2.45, 2.75) is 32.7 Å². The number of aryl methyl sites for hydroxylation is 1. The van der Waals surface area contributed by atoms with E-state index in [1.807, 2.05) is 24.1 Å². The lowest BCUT2D eigenvalue weighted by Gasteiger charge is -2.47. The van der Waals surface area contributed by atoms with Crippen LogP contribution in [0.1, 0.15) is 41.3 Å². The van der Waals surface area contributed by atoms with Gasteiger partial charge in [0.15, 0.2) is 5.82 Å². The maximum absolute atomic E-state index is 13.2. The number of pyridine rings is 1. The number of carbonyl (C=O) groups excluding carboxylic acids is 1. The van der Waals surface area contributed by atoms with Crippen LogP contribution in [0.15, 0.2) is 42.2 Å². The fourth-order valence-electron chi connectivity index (χ4n) is 4.78. The summed E-state index contributed by atoms with van der Waals surface area (Å²) in [6.07, 6.45) is 4.85. The average molecular weight is 408 g/mol. The van der Waals surface area contributed by atoms with E-state index in [9.17, 15) is 4.79 Å². The first kappa shape index (κ1) is 18.4. The summed E-state index contributed by atoms with van der Waals surface area (Å²) in [6, 6.07) is 8.45. The summed E-state index contributed by atoms with van der Waals surface area (Å²) in [7, 11) is 0. The molecule has 0 aromatic carbocycles. The predicted octanol–water partition coefficient (Wildman–Crippen LogP) is 3.85. The molecule has 1 spiro atoms. The first-order chi connectivity index (χ1) is 14.0. The normalized spacial score (nSPS) is 20.4. The number of carbonyl (C=O) groups is 1. The van der Waals surface area contributed by atoms with Gasteiger partial charge in [-0.25, -0.2) is 9.97 Å². The molecule has 1 atom stereocenters. The fraction of sp³-hybridized carbons (Fsp3) is 0.409. The van der Waals surface area contributed by atoms with Gasteiger partial charge in [-0.1, -0.05) is 13.8 Å². The Morgan fingerprint density at radius 1 is 1.28 bits per heavy atom. The molecule has 1 amide bonds. The van der Waals surface area contributed by atoms with Gasteiger partial charge in [-0.05, 0) is 43.5 Å². The third-order valence-electron chi connectivity index (χ3n) is 6.05. The number of thiazole rings is 1. The van der Waals surface area contributed by atoms with Crippen molar-refractivity contribution >= 4 is 22.9 Å². The summed E-state index contributed by atoms with van der Waals surface area (Å²) in [5.41, 5.74) is 4.71. The van der Waals surface area contributed by atoms with Crippen LogP contribution < -0.4 is 4.90 Å². The maximum atomic E-state index is 13.2. The summed E-state index contributed by atoms with van der Waals surface area (Å²) in [5.74, 6) is 1.57. The molecule has 1 fully saturated rings. The van der Waals surface area contributed by atoms with E-state index < -0.39 is 0 Å². The Kier molecular flexibility index (Phi) is 4.24. The zero-order valence-electron chi connectivity index (χ0n) is 17.0. The van der Waals surface area contributed by atoms with E-state index >= 15 is 0 Å². The molecule has 0 radical (unpaired) electrons. The number of amides is 1. The van der Waals surface area contributed by atoms with Crippen LogP contribution in [0.25, 0.3) is 5.82 Å². The molecule has 0 aliphatic carbocycles. The number of aromatic nitrogens is 3. The highest BCUT2D eigenvalue weighted by Gasteiger charge is 2.51. The SMILES string of the molecule is Cc1ncsc1C(=O)N1CC[C@]2(C1)c1cccn1-c1ncccc1N2CC(C)C. The zero-order valence-corrected chi connectivity index (χ0v) is 17.8. The molecule has 2 aliphatic rings. The Hall–Kier alpha value is -2.67. The van der Waals surface area contributed by atoms with Crippen molar-refractivity contribution < 1.29 is 4.79 Å². The molecule has 0 unspecified atom stereocenters. The van der Waals surface area contributed by atoms with Crippen molar-refractivity contribution in [1.29, 1.82) is 0 Å². The highest BCUT2D eigenvalue weighted by Crippen LogP contribution is 2.47. The van der Waals surface area contributed by atoms with Gasteiger partial charge in [-0.2, -0.15) is 0 Å².